The molecule has 0 spiro atoms. The minimum Gasteiger partial charge on any atom is -0.508 e. The van der Waals surface area contributed by atoms with Gasteiger partial charge in [-0.1, -0.05) is 27.7 Å². The van der Waals surface area contributed by atoms with Crippen LogP contribution in [-0.2, 0) is 4.79 Å². The average Bonchev–Trinajstić information content (AvgIpc) is 2.29. The summed E-state index contributed by atoms with van der Waals surface area (Å²) >= 11 is 0. The third-order valence-corrected chi connectivity index (χ3v) is 3.26. The third-order valence-electron chi connectivity index (χ3n) is 3.26. The second-order valence-corrected chi connectivity index (χ2v) is 6.64. The summed E-state index contributed by atoms with van der Waals surface area (Å²) in [5, 5.41) is 9.25. The minimum atomic E-state index is -0.472. The zero-order chi connectivity index (χ0) is 15.3. The van der Waals surface area contributed by atoms with Crippen molar-refractivity contribution >= 4 is 5.97 Å². The van der Waals surface area contributed by atoms with Gasteiger partial charge in [0, 0.05) is 0 Å². The predicted molar refractivity (Wildman–Crippen MR) is 80.8 cm³/mol. The number of hydrogen-bond donors (Lipinski definition) is 1. The predicted octanol–water partition coefficient (Wildman–Crippen LogP) is 4.40. The van der Waals surface area contributed by atoms with Crippen LogP contribution in [0.4, 0.5) is 0 Å². The van der Waals surface area contributed by atoms with Gasteiger partial charge < -0.3 is 9.84 Å². The maximum Gasteiger partial charge on any atom is 0.317 e. The van der Waals surface area contributed by atoms with Gasteiger partial charge in [0.2, 0.25) is 0 Å². The number of carbonyl (C=O) groups is 1. The lowest BCUT2D eigenvalue weighted by Gasteiger charge is -2.30. The van der Waals surface area contributed by atoms with E-state index in [0.717, 1.165) is 12.8 Å². The minimum absolute atomic E-state index is 0.164. The van der Waals surface area contributed by atoms with Gasteiger partial charge in [-0.25, -0.2) is 0 Å². The molecule has 0 aliphatic heterocycles. The van der Waals surface area contributed by atoms with E-state index in [9.17, 15) is 9.90 Å². The van der Waals surface area contributed by atoms with E-state index < -0.39 is 5.41 Å². The Balaban J connectivity index is 2.84. The second-order valence-electron chi connectivity index (χ2n) is 6.64. The number of carbonyl (C=O) groups excluding carboxylic acids is 1. The fraction of sp³-hybridized carbons (Fsp3) is 0.588. The van der Waals surface area contributed by atoms with Crippen molar-refractivity contribution in [3.8, 4) is 11.5 Å². The van der Waals surface area contributed by atoms with Crippen molar-refractivity contribution in [2.24, 2.45) is 17.3 Å². The van der Waals surface area contributed by atoms with Gasteiger partial charge in [-0.2, -0.15) is 0 Å². The molecule has 1 aromatic carbocycles. The SMILES string of the molecule is CC(C)CC(C)(CC(C)C)C(=O)Oc1ccc(O)cc1. The fourth-order valence-electron chi connectivity index (χ4n) is 2.80. The van der Waals surface area contributed by atoms with Gasteiger partial charge in [-0.05, 0) is 55.9 Å². The van der Waals surface area contributed by atoms with Crippen LogP contribution in [0.25, 0.3) is 0 Å². The number of phenolic OH excluding ortho intramolecular Hbond substituents is 1. The molecule has 20 heavy (non-hydrogen) atoms. The Kier molecular flexibility index (Phi) is 5.61. The van der Waals surface area contributed by atoms with Crippen LogP contribution in [0, 0.1) is 17.3 Å². The topological polar surface area (TPSA) is 46.5 Å². The van der Waals surface area contributed by atoms with Crippen LogP contribution >= 0.6 is 0 Å². The van der Waals surface area contributed by atoms with E-state index in [2.05, 4.69) is 27.7 Å². The van der Waals surface area contributed by atoms with Crippen molar-refractivity contribution in [3.05, 3.63) is 24.3 Å². The lowest BCUT2D eigenvalue weighted by atomic mass is 9.76. The molecule has 0 radical (unpaired) electrons. The maximum atomic E-state index is 12.5. The highest BCUT2D eigenvalue weighted by molar-refractivity contribution is 5.78. The summed E-state index contributed by atoms with van der Waals surface area (Å²) < 4.78 is 5.49. The van der Waals surface area contributed by atoms with Crippen molar-refractivity contribution in [2.45, 2.75) is 47.5 Å². The number of rotatable bonds is 6. The Labute approximate surface area is 122 Å². The lowest BCUT2D eigenvalue weighted by Crippen LogP contribution is -2.34. The highest BCUT2D eigenvalue weighted by atomic mass is 16.5. The Bertz CT molecular complexity index is 422. The second kappa shape index (κ2) is 6.78. The maximum absolute atomic E-state index is 12.5. The quantitative estimate of drug-likeness (QED) is 0.620. The normalized spacial score (nSPS) is 11.9. The fourth-order valence-corrected chi connectivity index (χ4v) is 2.80. The molecule has 0 atom stereocenters. The summed E-state index contributed by atoms with van der Waals surface area (Å²) in [6.07, 6.45) is 1.62. The number of hydrogen-bond acceptors (Lipinski definition) is 3. The van der Waals surface area contributed by atoms with Gasteiger partial charge in [-0.3, -0.25) is 4.79 Å². The van der Waals surface area contributed by atoms with E-state index in [-0.39, 0.29) is 11.7 Å². The summed E-state index contributed by atoms with van der Waals surface area (Å²) in [5.74, 6) is 1.33. The molecule has 0 amide bonds. The lowest BCUT2D eigenvalue weighted by molar-refractivity contribution is -0.147. The van der Waals surface area contributed by atoms with Crippen LogP contribution in [0.2, 0.25) is 0 Å². The van der Waals surface area contributed by atoms with Crippen molar-refractivity contribution in [2.75, 3.05) is 0 Å². The van der Waals surface area contributed by atoms with E-state index in [1.807, 2.05) is 6.92 Å². The molecule has 0 heterocycles. The van der Waals surface area contributed by atoms with E-state index in [1.54, 1.807) is 12.1 Å². The van der Waals surface area contributed by atoms with Crippen LogP contribution in [0.5, 0.6) is 11.5 Å². The Hall–Kier alpha value is -1.51. The van der Waals surface area contributed by atoms with Gasteiger partial charge in [0.1, 0.15) is 11.5 Å². The monoisotopic (exact) mass is 278 g/mol. The summed E-state index contributed by atoms with van der Waals surface area (Å²) in [5.41, 5.74) is -0.472. The Morgan fingerprint density at radius 2 is 1.55 bits per heavy atom. The van der Waals surface area contributed by atoms with Crippen LogP contribution in [0.15, 0.2) is 24.3 Å². The first-order chi connectivity index (χ1) is 9.23. The van der Waals surface area contributed by atoms with Crippen molar-refractivity contribution in [1.82, 2.24) is 0 Å². The summed E-state index contributed by atoms with van der Waals surface area (Å²) in [6, 6.07) is 6.26. The van der Waals surface area contributed by atoms with E-state index in [0.29, 0.717) is 17.6 Å². The molecule has 0 aliphatic carbocycles. The van der Waals surface area contributed by atoms with E-state index in [4.69, 9.17) is 4.74 Å². The molecular weight excluding hydrogens is 252 g/mol. The first kappa shape index (κ1) is 16.5. The number of esters is 1. The molecule has 1 rings (SSSR count). The molecule has 0 saturated heterocycles. The number of phenols is 1. The number of benzene rings is 1. The molecule has 0 aliphatic rings. The molecule has 3 nitrogen and oxygen atoms in total. The largest absolute Gasteiger partial charge is 0.508 e. The molecule has 3 heteroatoms. The van der Waals surface area contributed by atoms with Crippen LogP contribution < -0.4 is 4.74 Å². The average molecular weight is 278 g/mol. The molecule has 112 valence electrons. The van der Waals surface area contributed by atoms with Crippen molar-refractivity contribution in [1.29, 1.82) is 0 Å². The van der Waals surface area contributed by atoms with Gasteiger partial charge in [-0.15, -0.1) is 0 Å². The van der Waals surface area contributed by atoms with Crippen LogP contribution in [-0.4, -0.2) is 11.1 Å². The molecular formula is C17H26O3. The third kappa shape index (κ3) is 4.87. The van der Waals surface area contributed by atoms with Gasteiger partial charge in [0.25, 0.3) is 0 Å². The molecule has 1 N–H and O–H groups in total. The molecule has 0 bridgehead atoms. The number of aromatic hydroxyl groups is 1. The van der Waals surface area contributed by atoms with Gasteiger partial charge in [0.05, 0.1) is 5.41 Å². The van der Waals surface area contributed by atoms with E-state index >= 15 is 0 Å². The summed E-state index contributed by atoms with van der Waals surface area (Å²) in [4.78, 5) is 12.5. The van der Waals surface area contributed by atoms with Crippen molar-refractivity contribution in [3.63, 3.8) is 0 Å². The molecule has 0 fully saturated rings. The van der Waals surface area contributed by atoms with Gasteiger partial charge >= 0.3 is 5.97 Å². The first-order valence-electron chi connectivity index (χ1n) is 7.24. The zero-order valence-corrected chi connectivity index (χ0v) is 13.1. The molecule has 0 aromatic heterocycles. The molecule has 1 aromatic rings. The summed E-state index contributed by atoms with van der Waals surface area (Å²) in [6.45, 7) is 10.5. The highest BCUT2D eigenvalue weighted by Gasteiger charge is 2.36. The molecule has 0 saturated carbocycles. The Morgan fingerprint density at radius 3 is 1.95 bits per heavy atom. The van der Waals surface area contributed by atoms with E-state index in [1.165, 1.54) is 12.1 Å². The van der Waals surface area contributed by atoms with Gasteiger partial charge in [0.15, 0.2) is 0 Å². The van der Waals surface area contributed by atoms with Crippen molar-refractivity contribution < 1.29 is 14.6 Å². The Morgan fingerprint density at radius 1 is 1.10 bits per heavy atom. The zero-order valence-electron chi connectivity index (χ0n) is 13.1. The van der Waals surface area contributed by atoms with Crippen LogP contribution in [0.3, 0.4) is 0 Å². The smallest absolute Gasteiger partial charge is 0.317 e. The number of ether oxygens (including phenoxy) is 1. The van der Waals surface area contributed by atoms with Crippen LogP contribution in [0.1, 0.15) is 47.5 Å². The highest BCUT2D eigenvalue weighted by Crippen LogP contribution is 2.35. The first-order valence-corrected chi connectivity index (χ1v) is 7.24. The standard InChI is InChI=1S/C17H26O3/c1-12(2)10-17(5,11-13(3)4)16(19)20-15-8-6-14(18)7-9-15/h6-9,12-13,18H,10-11H2,1-5H3. The summed E-state index contributed by atoms with van der Waals surface area (Å²) in [7, 11) is 0. The molecule has 0 unspecified atom stereocenters.